The molecule has 0 spiro atoms. The van der Waals surface area contributed by atoms with E-state index in [1.165, 1.54) is 17.0 Å². The van der Waals surface area contributed by atoms with Crippen molar-refractivity contribution in [3.05, 3.63) is 78.0 Å². The molecular weight excluding hydrogens is 447 g/mol. The number of nitrogens with zero attached hydrogens (tertiary/aromatic N) is 3. The van der Waals surface area contributed by atoms with Crippen LogP contribution in [0.25, 0.3) is 22.0 Å². The Kier molecular flexibility index (Phi) is 8.67. The van der Waals surface area contributed by atoms with Gasteiger partial charge in [-0.1, -0.05) is 26.0 Å². The molecule has 0 saturated carbocycles. The first-order chi connectivity index (χ1) is 17.0. The summed E-state index contributed by atoms with van der Waals surface area (Å²) < 4.78 is 19.5. The summed E-state index contributed by atoms with van der Waals surface area (Å²) >= 11 is 0. The molecule has 1 N–H and O–H groups in total. The quantitative estimate of drug-likeness (QED) is 0.335. The van der Waals surface area contributed by atoms with Gasteiger partial charge in [0.1, 0.15) is 17.9 Å². The summed E-state index contributed by atoms with van der Waals surface area (Å²) in [6, 6.07) is 10.7. The standard InChI is InChI=1S/C25H23FN4O3.C2H6/c1-3-33-23-12-17(7-8-20(23)16-5-4-6-19(26)11-16)25(32)30(2)22(9-10-31)21-15-27-13-18-14-28-29-24(18)21;1-2/h4-8,10-15,22H,3,9H2,1-2H3,(H,28,29);1-2H3. The molecule has 182 valence electrons. The van der Waals surface area contributed by atoms with E-state index in [4.69, 9.17) is 4.74 Å². The highest BCUT2D eigenvalue weighted by Gasteiger charge is 2.26. The van der Waals surface area contributed by atoms with Crippen molar-refractivity contribution in [3.8, 4) is 16.9 Å². The topological polar surface area (TPSA) is 88.2 Å². The SMILES string of the molecule is CC.CCOc1cc(C(=O)N(C)C(CC=O)c2cncc3cn[nH]c23)ccc1-c1cccc(F)c1. The van der Waals surface area contributed by atoms with Crippen LogP contribution in [0.5, 0.6) is 5.75 Å². The Bertz CT molecular complexity index is 1300. The van der Waals surface area contributed by atoms with Crippen molar-refractivity contribution in [1.82, 2.24) is 20.1 Å². The van der Waals surface area contributed by atoms with Gasteiger partial charge >= 0.3 is 0 Å². The molecule has 35 heavy (non-hydrogen) atoms. The van der Waals surface area contributed by atoms with Crippen LogP contribution in [-0.4, -0.2) is 45.9 Å². The highest BCUT2D eigenvalue weighted by molar-refractivity contribution is 5.96. The molecule has 0 fully saturated rings. The maximum atomic E-state index is 13.8. The van der Waals surface area contributed by atoms with Gasteiger partial charge < -0.3 is 14.4 Å². The third-order valence-electron chi connectivity index (χ3n) is 5.51. The molecule has 2 heterocycles. The molecule has 0 aliphatic rings. The number of rotatable bonds is 8. The van der Waals surface area contributed by atoms with Crippen LogP contribution in [-0.2, 0) is 4.79 Å². The lowest BCUT2D eigenvalue weighted by molar-refractivity contribution is -0.108. The molecule has 8 heteroatoms. The zero-order valence-electron chi connectivity index (χ0n) is 20.3. The van der Waals surface area contributed by atoms with Crippen LogP contribution in [0.15, 0.2) is 61.1 Å². The lowest BCUT2D eigenvalue weighted by Crippen LogP contribution is -2.32. The molecule has 2 aromatic heterocycles. The molecule has 2 aromatic carbocycles. The Labute approximate surface area is 203 Å². The van der Waals surface area contributed by atoms with Gasteiger partial charge in [-0.2, -0.15) is 5.10 Å². The maximum absolute atomic E-state index is 13.8. The minimum Gasteiger partial charge on any atom is -0.493 e. The number of ether oxygens (including phenoxy) is 1. The summed E-state index contributed by atoms with van der Waals surface area (Å²) in [7, 11) is 1.65. The maximum Gasteiger partial charge on any atom is 0.254 e. The summed E-state index contributed by atoms with van der Waals surface area (Å²) in [5.74, 6) is -0.162. The molecule has 1 amide bonds. The number of aromatic amines is 1. The predicted octanol–water partition coefficient (Wildman–Crippen LogP) is 5.59. The van der Waals surface area contributed by atoms with E-state index in [0.29, 0.717) is 34.6 Å². The number of carbonyl (C=O) groups is 2. The van der Waals surface area contributed by atoms with Crippen molar-refractivity contribution in [2.24, 2.45) is 0 Å². The van der Waals surface area contributed by atoms with E-state index in [1.54, 1.807) is 56.0 Å². The molecule has 4 rings (SSSR count). The van der Waals surface area contributed by atoms with E-state index in [9.17, 15) is 14.0 Å². The highest BCUT2D eigenvalue weighted by Crippen LogP contribution is 2.33. The van der Waals surface area contributed by atoms with Crippen LogP contribution >= 0.6 is 0 Å². The summed E-state index contributed by atoms with van der Waals surface area (Å²) in [6.45, 7) is 6.23. The van der Waals surface area contributed by atoms with Gasteiger partial charge in [0.05, 0.1) is 24.4 Å². The lowest BCUT2D eigenvalue weighted by Gasteiger charge is -2.27. The highest BCUT2D eigenvalue weighted by atomic mass is 19.1. The van der Waals surface area contributed by atoms with Gasteiger partial charge in [-0.05, 0) is 42.8 Å². The lowest BCUT2D eigenvalue weighted by atomic mass is 10.00. The zero-order valence-corrected chi connectivity index (χ0v) is 20.3. The number of hydrogen-bond donors (Lipinski definition) is 1. The Morgan fingerprint density at radius 1 is 1.17 bits per heavy atom. The largest absolute Gasteiger partial charge is 0.493 e. The first-order valence-electron chi connectivity index (χ1n) is 11.5. The molecular formula is C27H29FN4O3. The number of pyridine rings is 1. The van der Waals surface area contributed by atoms with E-state index in [-0.39, 0.29) is 18.1 Å². The molecule has 1 atom stereocenters. The monoisotopic (exact) mass is 476 g/mol. The smallest absolute Gasteiger partial charge is 0.254 e. The van der Waals surface area contributed by atoms with Crippen molar-refractivity contribution >= 4 is 23.1 Å². The normalized spacial score (nSPS) is 11.3. The number of aromatic nitrogens is 3. The van der Waals surface area contributed by atoms with Crippen LogP contribution in [0.1, 0.15) is 49.2 Å². The minimum absolute atomic E-state index is 0.0990. The first-order valence-corrected chi connectivity index (χ1v) is 11.5. The Morgan fingerprint density at radius 2 is 1.97 bits per heavy atom. The van der Waals surface area contributed by atoms with E-state index < -0.39 is 6.04 Å². The number of aldehydes is 1. The second kappa shape index (κ2) is 11.9. The number of amides is 1. The molecule has 7 nitrogen and oxygen atoms in total. The van der Waals surface area contributed by atoms with Gasteiger partial charge in [0, 0.05) is 47.9 Å². The Morgan fingerprint density at radius 3 is 2.69 bits per heavy atom. The van der Waals surface area contributed by atoms with Gasteiger partial charge in [-0.25, -0.2) is 4.39 Å². The zero-order chi connectivity index (χ0) is 25.4. The number of fused-ring (bicyclic) bond motifs is 1. The van der Waals surface area contributed by atoms with Crippen LogP contribution in [0.2, 0.25) is 0 Å². The van der Waals surface area contributed by atoms with Crippen LogP contribution in [0.3, 0.4) is 0 Å². The molecule has 0 aliphatic carbocycles. The van der Waals surface area contributed by atoms with Crippen molar-refractivity contribution < 1.29 is 18.7 Å². The average Bonchev–Trinajstić information content (AvgIpc) is 3.37. The summed E-state index contributed by atoms with van der Waals surface area (Å²) in [5.41, 5.74) is 3.16. The van der Waals surface area contributed by atoms with E-state index in [0.717, 1.165) is 17.2 Å². The minimum atomic E-state index is -0.537. The fraction of sp³-hybridized carbons (Fsp3) is 0.259. The van der Waals surface area contributed by atoms with Gasteiger partial charge in [-0.3, -0.25) is 14.9 Å². The summed E-state index contributed by atoms with van der Waals surface area (Å²) in [6.07, 6.45) is 5.83. The average molecular weight is 477 g/mol. The fourth-order valence-electron chi connectivity index (χ4n) is 3.89. The number of carbonyl (C=O) groups excluding carboxylic acids is 2. The van der Waals surface area contributed by atoms with Gasteiger partial charge in [0.2, 0.25) is 0 Å². The second-order valence-corrected chi connectivity index (χ2v) is 7.55. The first kappa shape index (κ1) is 25.6. The van der Waals surface area contributed by atoms with E-state index in [1.807, 2.05) is 20.8 Å². The van der Waals surface area contributed by atoms with Crippen molar-refractivity contribution in [2.45, 2.75) is 33.2 Å². The van der Waals surface area contributed by atoms with E-state index in [2.05, 4.69) is 15.2 Å². The van der Waals surface area contributed by atoms with Gasteiger partial charge in [0.25, 0.3) is 5.91 Å². The van der Waals surface area contributed by atoms with Crippen LogP contribution in [0.4, 0.5) is 4.39 Å². The molecule has 0 bridgehead atoms. The number of benzene rings is 2. The number of nitrogens with one attached hydrogen (secondary N) is 1. The third kappa shape index (κ3) is 5.54. The van der Waals surface area contributed by atoms with Crippen molar-refractivity contribution in [1.29, 1.82) is 0 Å². The Balaban J connectivity index is 0.00000167. The van der Waals surface area contributed by atoms with Crippen molar-refractivity contribution in [3.63, 3.8) is 0 Å². The molecule has 1 unspecified atom stereocenters. The predicted molar refractivity (Wildman–Crippen MR) is 134 cm³/mol. The van der Waals surface area contributed by atoms with Crippen LogP contribution < -0.4 is 4.74 Å². The van der Waals surface area contributed by atoms with E-state index >= 15 is 0 Å². The summed E-state index contributed by atoms with van der Waals surface area (Å²) in [4.78, 5) is 30.6. The van der Waals surface area contributed by atoms with Gasteiger partial charge in [-0.15, -0.1) is 0 Å². The number of hydrogen-bond acceptors (Lipinski definition) is 5. The number of H-pyrrole nitrogens is 1. The summed E-state index contributed by atoms with van der Waals surface area (Å²) in [5, 5.41) is 7.76. The Hall–Kier alpha value is -4.07. The number of halogens is 1. The molecule has 0 saturated heterocycles. The third-order valence-corrected chi connectivity index (χ3v) is 5.51. The van der Waals surface area contributed by atoms with Gasteiger partial charge in [0.15, 0.2) is 0 Å². The second-order valence-electron chi connectivity index (χ2n) is 7.55. The van der Waals surface area contributed by atoms with Crippen molar-refractivity contribution in [2.75, 3.05) is 13.7 Å². The molecule has 0 aliphatic heterocycles. The molecule has 0 radical (unpaired) electrons. The van der Waals surface area contributed by atoms with Crippen LogP contribution in [0, 0.1) is 5.82 Å². The molecule has 4 aromatic rings. The fourth-order valence-corrected chi connectivity index (χ4v) is 3.89.